The second-order valence-corrected chi connectivity index (χ2v) is 11.3. The Morgan fingerprint density at radius 3 is 2.04 bits per heavy atom. The van der Waals surface area contributed by atoms with Crippen LogP contribution in [0.4, 0.5) is 0 Å². The first-order valence-electron chi connectivity index (χ1n) is 15.2. The van der Waals surface area contributed by atoms with Gasteiger partial charge in [-0.3, -0.25) is 4.79 Å². The van der Waals surface area contributed by atoms with Gasteiger partial charge in [-0.2, -0.15) is 0 Å². The van der Waals surface area contributed by atoms with Crippen LogP contribution in [0, 0.1) is 5.92 Å². The molecule has 0 amide bonds. The van der Waals surface area contributed by atoms with Crippen molar-refractivity contribution < 1.29 is 83.6 Å². The van der Waals surface area contributed by atoms with Gasteiger partial charge in [-0.15, -0.1) is 0 Å². The van der Waals surface area contributed by atoms with Gasteiger partial charge in [0.25, 0.3) is 0 Å². The molecule has 12 atom stereocenters. The van der Waals surface area contributed by atoms with E-state index in [4.69, 9.17) is 38.3 Å². The van der Waals surface area contributed by atoms with Crippen LogP contribution >= 0.6 is 0 Å². The van der Waals surface area contributed by atoms with E-state index in [2.05, 4.69) is 0 Å². The highest BCUT2D eigenvalue weighted by Crippen LogP contribution is 2.37. The predicted octanol–water partition coefficient (Wildman–Crippen LogP) is -2.87. The standard InChI is InChI=1S/C31H42O17/c1-3-16-17(10-21(35)44-15-6-4-14(5-7-15)8-9-32)18(28(41)42-2)13-43-29(16)48-31-26(40)27(23(37)20(12-34)46-31)47-30-25(39)24(38)22(36)19(11-33)45-30/h3-7,13,17,19-20,22-27,29-34,36-40H,8-12H2,1-2H3/t17-,19+,20+,22+,23+,24-,25+,26+,27-,29-,30-,31-/m0/s1. The average molecular weight is 687 g/mol. The average Bonchev–Trinajstić information content (AvgIpc) is 3.08. The number of allylic oxidation sites excluding steroid dienone is 1. The second kappa shape index (κ2) is 17.1. The van der Waals surface area contributed by atoms with Gasteiger partial charge in [0.2, 0.25) is 6.29 Å². The number of carbonyl (C=O) groups is 2. The molecule has 0 bridgehead atoms. The van der Waals surface area contributed by atoms with Gasteiger partial charge in [-0.1, -0.05) is 18.2 Å². The lowest BCUT2D eigenvalue weighted by molar-refractivity contribution is -0.369. The molecule has 1 aromatic carbocycles. The lowest BCUT2D eigenvalue weighted by Crippen LogP contribution is -2.65. The molecule has 0 unspecified atom stereocenters. The molecule has 268 valence electrons. The fourth-order valence-electron chi connectivity index (χ4n) is 5.60. The Kier molecular flexibility index (Phi) is 13.4. The van der Waals surface area contributed by atoms with Crippen LogP contribution in [0.3, 0.4) is 0 Å². The van der Waals surface area contributed by atoms with Crippen LogP contribution in [0.15, 0.2) is 47.7 Å². The lowest BCUT2D eigenvalue weighted by Gasteiger charge is -2.46. The van der Waals surface area contributed by atoms with Crippen molar-refractivity contribution in [1.82, 2.24) is 0 Å². The predicted molar refractivity (Wildman–Crippen MR) is 157 cm³/mol. The Hall–Kier alpha value is -3.04. The molecule has 0 spiro atoms. The number of methoxy groups -OCH3 is 1. The van der Waals surface area contributed by atoms with Gasteiger partial charge in [0, 0.05) is 18.1 Å². The molecule has 0 aromatic heterocycles. The summed E-state index contributed by atoms with van der Waals surface area (Å²) < 4.78 is 38.4. The molecule has 17 nitrogen and oxygen atoms in total. The van der Waals surface area contributed by atoms with Gasteiger partial charge in [-0.05, 0) is 31.0 Å². The third-order valence-electron chi connectivity index (χ3n) is 8.27. The summed E-state index contributed by atoms with van der Waals surface area (Å²) >= 11 is 0. The van der Waals surface area contributed by atoms with Gasteiger partial charge >= 0.3 is 11.9 Å². The summed E-state index contributed by atoms with van der Waals surface area (Å²) in [6.07, 6.45) is -15.7. The fraction of sp³-hybridized carbons (Fsp3) is 0.613. The van der Waals surface area contributed by atoms with Crippen LogP contribution in [0.1, 0.15) is 18.9 Å². The molecule has 3 aliphatic heterocycles. The van der Waals surface area contributed by atoms with Crippen molar-refractivity contribution in [3.63, 3.8) is 0 Å². The van der Waals surface area contributed by atoms with Crippen molar-refractivity contribution in [3.8, 4) is 5.75 Å². The molecule has 0 radical (unpaired) electrons. The number of hydrogen-bond donors (Lipinski definition) is 8. The Balaban J connectivity index is 1.52. The van der Waals surface area contributed by atoms with E-state index in [1.165, 1.54) is 6.08 Å². The summed E-state index contributed by atoms with van der Waals surface area (Å²) in [6, 6.07) is 6.50. The Morgan fingerprint density at radius 1 is 0.833 bits per heavy atom. The quantitative estimate of drug-likeness (QED) is 0.0624. The van der Waals surface area contributed by atoms with Crippen LogP contribution in [0.5, 0.6) is 5.75 Å². The van der Waals surface area contributed by atoms with Gasteiger partial charge in [0.15, 0.2) is 12.6 Å². The first-order chi connectivity index (χ1) is 23.0. The smallest absolute Gasteiger partial charge is 0.337 e. The molecule has 0 aliphatic carbocycles. The zero-order valence-electron chi connectivity index (χ0n) is 26.2. The minimum Gasteiger partial charge on any atom is -0.468 e. The minimum atomic E-state index is -1.87. The van der Waals surface area contributed by atoms with E-state index in [0.29, 0.717) is 6.42 Å². The minimum absolute atomic E-state index is 0.0433. The van der Waals surface area contributed by atoms with Crippen LogP contribution in [0.25, 0.3) is 0 Å². The number of hydrogen-bond acceptors (Lipinski definition) is 17. The topological polar surface area (TPSA) is 261 Å². The van der Waals surface area contributed by atoms with Crippen molar-refractivity contribution in [2.75, 3.05) is 26.9 Å². The maximum absolute atomic E-state index is 13.1. The highest BCUT2D eigenvalue weighted by atomic mass is 16.8. The van der Waals surface area contributed by atoms with E-state index >= 15 is 0 Å². The summed E-state index contributed by atoms with van der Waals surface area (Å²) in [4.78, 5) is 25.7. The van der Waals surface area contributed by atoms with Gasteiger partial charge in [0.1, 0.15) is 54.6 Å². The normalized spacial score (nSPS) is 36.2. The number of benzene rings is 1. The zero-order chi connectivity index (χ0) is 35.1. The third kappa shape index (κ3) is 8.39. The summed E-state index contributed by atoms with van der Waals surface area (Å²) in [5.74, 6) is -2.30. The summed E-state index contributed by atoms with van der Waals surface area (Å²) in [5, 5.41) is 81.2. The maximum atomic E-state index is 13.1. The SMILES string of the molecule is CC=C1[C@H](O[C@@H]2O[C@H](CO)[C@@H](O)[C@H](O[C@@H]3O[C@H](CO)[C@@H](O)[C@H](O)[C@H]3O)[C@H]2O)OC=C(C(=O)OC)[C@H]1CC(=O)Oc1ccc(CCO)cc1. The molecule has 0 saturated carbocycles. The third-order valence-corrected chi connectivity index (χ3v) is 8.27. The molecule has 2 saturated heterocycles. The summed E-state index contributed by atoms with van der Waals surface area (Å²) in [6.45, 7) is -0.00734. The molecule has 3 heterocycles. The van der Waals surface area contributed by atoms with E-state index in [0.717, 1.165) is 18.9 Å². The van der Waals surface area contributed by atoms with Crippen molar-refractivity contribution in [2.45, 2.75) is 87.5 Å². The van der Waals surface area contributed by atoms with E-state index < -0.39 is 98.8 Å². The maximum Gasteiger partial charge on any atom is 0.337 e. The van der Waals surface area contributed by atoms with Crippen molar-refractivity contribution >= 4 is 11.9 Å². The number of carbonyl (C=O) groups excluding carboxylic acids is 2. The van der Waals surface area contributed by atoms with E-state index in [1.54, 1.807) is 31.2 Å². The Morgan fingerprint density at radius 2 is 1.46 bits per heavy atom. The molecular formula is C31H42O17. The number of aliphatic hydroxyl groups is 8. The fourth-order valence-corrected chi connectivity index (χ4v) is 5.60. The van der Waals surface area contributed by atoms with Crippen molar-refractivity contribution in [2.24, 2.45) is 5.92 Å². The number of aliphatic hydroxyl groups excluding tert-OH is 8. The highest BCUT2D eigenvalue weighted by molar-refractivity contribution is 5.91. The van der Waals surface area contributed by atoms with E-state index in [-0.39, 0.29) is 29.9 Å². The zero-order valence-corrected chi connectivity index (χ0v) is 26.2. The van der Waals surface area contributed by atoms with Crippen LogP contribution in [-0.4, -0.2) is 147 Å². The van der Waals surface area contributed by atoms with Crippen LogP contribution in [-0.2, 0) is 44.4 Å². The highest BCUT2D eigenvalue weighted by Gasteiger charge is 2.52. The van der Waals surface area contributed by atoms with Gasteiger partial charge in [0.05, 0.1) is 38.6 Å². The van der Waals surface area contributed by atoms with Crippen molar-refractivity contribution in [3.05, 3.63) is 53.3 Å². The lowest BCUT2D eigenvalue weighted by atomic mass is 9.86. The largest absolute Gasteiger partial charge is 0.468 e. The number of esters is 2. The first kappa shape index (κ1) is 37.8. The van der Waals surface area contributed by atoms with Crippen LogP contribution in [0.2, 0.25) is 0 Å². The summed E-state index contributed by atoms with van der Waals surface area (Å²) in [5.41, 5.74) is 1.01. The molecule has 48 heavy (non-hydrogen) atoms. The molecular weight excluding hydrogens is 644 g/mol. The van der Waals surface area contributed by atoms with Crippen LogP contribution < -0.4 is 4.74 Å². The molecule has 17 heteroatoms. The number of ether oxygens (including phenoxy) is 7. The first-order valence-corrected chi connectivity index (χ1v) is 15.2. The van der Waals surface area contributed by atoms with Gasteiger partial charge < -0.3 is 74.0 Å². The molecule has 4 rings (SSSR count). The monoisotopic (exact) mass is 686 g/mol. The van der Waals surface area contributed by atoms with Crippen molar-refractivity contribution in [1.29, 1.82) is 0 Å². The number of rotatable bonds is 12. The molecule has 8 N–H and O–H groups in total. The molecule has 1 aromatic rings. The molecule has 3 aliphatic rings. The Labute approximate surface area is 275 Å². The van der Waals surface area contributed by atoms with E-state index in [1.807, 2.05) is 0 Å². The van der Waals surface area contributed by atoms with Gasteiger partial charge in [-0.25, -0.2) is 4.79 Å². The Bertz CT molecular complexity index is 1280. The second-order valence-electron chi connectivity index (χ2n) is 11.3. The molecule has 2 fully saturated rings. The summed E-state index contributed by atoms with van der Waals surface area (Å²) in [7, 11) is 1.15. The van der Waals surface area contributed by atoms with E-state index in [9.17, 15) is 45.3 Å².